The Bertz CT molecular complexity index is 1150. The first-order chi connectivity index (χ1) is 13.5. The van der Waals surface area contributed by atoms with Crippen LogP contribution < -0.4 is 5.32 Å². The van der Waals surface area contributed by atoms with Crippen LogP contribution in [0.25, 0.3) is 21.7 Å². The molecule has 0 aromatic carbocycles. The molecule has 0 bridgehead atoms. The number of carboxylic acid groups (broad SMARTS) is 1. The van der Waals surface area contributed by atoms with Crippen molar-refractivity contribution in [3.8, 4) is 10.6 Å². The standard InChI is InChI=1S/C18H16N6O3S/c1-10(9-24-6-2-5-21-24)22-17(25)14-4-3-13(28-14)12-8-20-16-15(23-12)11(7-19-16)18(26)27/h2-8,10H,9H2,1H3,(H,19,20)(H,22,25)(H,26,27). The van der Waals surface area contributed by atoms with Gasteiger partial charge in [0.15, 0.2) is 5.65 Å². The first-order valence-corrected chi connectivity index (χ1v) is 9.29. The number of fused-ring (bicyclic) bond motifs is 1. The minimum absolute atomic E-state index is 0.0614. The summed E-state index contributed by atoms with van der Waals surface area (Å²) >= 11 is 1.27. The van der Waals surface area contributed by atoms with Gasteiger partial charge in [0.1, 0.15) is 11.1 Å². The maximum absolute atomic E-state index is 12.5. The summed E-state index contributed by atoms with van der Waals surface area (Å²) in [7, 11) is 0. The maximum atomic E-state index is 12.5. The molecule has 3 N–H and O–H groups in total. The molecular weight excluding hydrogens is 380 g/mol. The van der Waals surface area contributed by atoms with Crippen LogP contribution in [0.5, 0.6) is 0 Å². The molecule has 1 atom stereocenters. The average molecular weight is 396 g/mol. The molecule has 0 fully saturated rings. The van der Waals surface area contributed by atoms with Gasteiger partial charge < -0.3 is 15.4 Å². The van der Waals surface area contributed by atoms with E-state index in [1.807, 2.05) is 19.2 Å². The zero-order chi connectivity index (χ0) is 19.7. The Labute approximate surface area is 163 Å². The van der Waals surface area contributed by atoms with Crippen molar-refractivity contribution in [3.63, 3.8) is 0 Å². The molecule has 0 radical (unpaired) electrons. The Morgan fingerprint density at radius 3 is 3.00 bits per heavy atom. The highest BCUT2D eigenvalue weighted by atomic mass is 32.1. The number of nitrogens with zero attached hydrogens (tertiary/aromatic N) is 4. The number of amides is 1. The van der Waals surface area contributed by atoms with Crippen LogP contribution in [0.15, 0.2) is 43.0 Å². The zero-order valence-corrected chi connectivity index (χ0v) is 15.6. The fourth-order valence-electron chi connectivity index (χ4n) is 2.80. The SMILES string of the molecule is CC(Cn1cccn1)NC(=O)c1ccc(-c2cnc3[nH]cc(C(=O)O)c3n2)s1. The summed E-state index contributed by atoms with van der Waals surface area (Å²) in [6.45, 7) is 2.48. The molecule has 0 saturated heterocycles. The Kier molecular flexibility index (Phi) is 4.62. The largest absolute Gasteiger partial charge is 0.478 e. The van der Waals surface area contributed by atoms with Gasteiger partial charge in [-0.25, -0.2) is 14.8 Å². The molecule has 1 amide bonds. The quantitative estimate of drug-likeness (QED) is 0.459. The van der Waals surface area contributed by atoms with E-state index in [1.54, 1.807) is 29.2 Å². The van der Waals surface area contributed by atoms with Crippen LogP contribution in [0.3, 0.4) is 0 Å². The molecule has 0 aliphatic heterocycles. The van der Waals surface area contributed by atoms with E-state index in [2.05, 4.69) is 25.4 Å². The fraction of sp³-hybridized carbons (Fsp3) is 0.167. The molecule has 0 spiro atoms. The molecule has 0 aliphatic rings. The number of aromatic nitrogens is 5. The number of hydrogen-bond acceptors (Lipinski definition) is 6. The number of aromatic carboxylic acids is 1. The maximum Gasteiger partial charge on any atom is 0.339 e. The van der Waals surface area contributed by atoms with Crippen molar-refractivity contribution >= 4 is 34.4 Å². The number of carbonyl (C=O) groups is 2. The smallest absolute Gasteiger partial charge is 0.339 e. The van der Waals surface area contributed by atoms with Crippen LogP contribution in [-0.4, -0.2) is 47.8 Å². The molecule has 0 saturated carbocycles. The third kappa shape index (κ3) is 3.49. The Balaban J connectivity index is 1.52. The lowest BCUT2D eigenvalue weighted by molar-refractivity contribution is 0.0698. The summed E-state index contributed by atoms with van der Waals surface area (Å²) < 4.78 is 1.76. The number of thiophene rings is 1. The molecule has 4 heterocycles. The first-order valence-electron chi connectivity index (χ1n) is 8.47. The molecule has 4 aromatic heterocycles. The number of carbonyl (C=O) groups excluding carboxylic acids is 1. The number of carboxylic acids is 1. The molecule has 28 heavy (non-hydrogen) atoms. The summed E-state index contributed by atoms with van der Waals surface area (Å²) in [5, 5.41) is 16.3. The highest BCUT2D eigenvalue weighted by Gasteiger charge is 2.17. The van der Waals surface area contributed by atoms with Gasteiger partial charge >= 0.3 is 5.97 Å². The molecule has 1 unspecified atom stereocenters. The topological polar surface area (TPSA) is 126 Å². The number of rotatable bonds is 6. The lowest BCUT2D eigenvalue weighted by atomic mass is 10.3. The molecule has 0 aliphatic carbocycles. The lowest BCUT2D eigenvalue weighted by Gasteiger charge is -2.13. The van der Waals surface area contributed by atoms with Crippen molar-refractivity contribution < 1.29 is 14.7 Å². The van der Waals surface area contributed by atoms with E-state index in [-0.39, 0.29) is 23.0 Å². The Morgan fingerprint density at radius 1 is 1.39 bits per heavy atom. The van der Waals surface area contributed by atoms with Gasteiger partial charge in [0.2, 0.25) is 0 Å². The van der Waals surface area contributed by atoms with Crippen LogP contribution in [0, 0.1) is 0 Å². The van der Waals surface area contributed by atoms with Crippen molar-refractivity contribution in [1.29, 1.82) is 0 Å². The lowest BCUT2D eigenvalue weighted by Crippen LogP contribution is -2.35. The van der Waals surface area contributed by atoms with Crippen molar-refractivity contribution in [2.45, 2.75) is 19.5 Å². The van der Waals surface area contributed by atoms with Gasteiger partial charge in [-0.2, -0.15) is 5.10 Å². The van der Waals surface area contributed by atoms with Gasteiger partial charge in [0.25, 0.3) is 5.91 Å². The van der Waals surface area contributed by atoms with Crippen molar-refractivity contribution in [2.75, 3.05) is 0 Å². The monoisotopic (exact) mass is 396 g/mol. The fourth-order valence-corrected chi connectivity index (χ4v) is 3.66. The Hall–Kier alpha value is -3.53. The van der Waals surface area contributed by atoms with E-state index in [1.165, 1.54) is 17.5 Å². The van der Waals surface area contributed by atoms with Crippen LogP contribution in [0.2, 0.25) is 0 Å². The van der Waals surface area contributed by atoms with E-state index in [0.717, 1.165) is 4.88 Å². The van der Waals surface area contributed by atoms with E-state index in [0.29, 0.717) is 22.8 Å². The van der Waals surface area contributed by atoms with Crippen molar-refractivity contribution in [3.05, 3.63) is 53.4 Å². The second kappa shape index (κ2) is 7.24. The number of aromatic amines is 1. The van der Waals surface area contributed by atoms with Gasteiger partial charge in [-0.3, -0.25) is 9.48 Å². The first kappa shape index (κ1) is 17.9. The van der Waals surface area contributed by atoms with Crippen molar-refractivity contribution in [1.82, 2.24) is 30.0 Å². The van der Waals surface area contributed by atoms with Gasteiger partial charge in [-0.1, -0.05) is 0 Å². The second-order valence-electron chi connectivity index (χ2n) is 6.23. The van der Waals surface area contributed by atoms with E-state index >= 15 is 0 Å². The molecule has 142 valence electrons. The minimum atomic E-state index is -1.07. The molecule has 4 aromatic rings. The van der Waals surface area contributed by atoms with Gasteiger partial charge in [-0.05, 0) is 25.1 Å². The van der Waals surface area contributed by atoms with Crippen LogP contribution in [0.1, 0.15) is 27.0 Å². The average Bonchev–Trinajstić information content (AvgIpc) is 3.41. The van der Waals surface area contributed by atoms with Gasteiger partial charge in [0, 0.05) is 24.6 Å². The normalized spacial score (nSPS) is 12.2. The predicted octanol–water partition coefficient (Wildman–Crippen LogP) is 2.40. The van der Waals surface area contributed by atoms with Crippen LogP contribution in [0.4, 0.5) is 0 Å². The highest BCUT2D eigenvalue weighted by Crippen LogP contribution is 2.28. The number of H-pyrrole nitrogens is 1. The summed E-state index contributed by atoms with van der Waals surface area (Å²) in [6.07, 6.45) is 6.45. The third-order valence-electron chi connectivity index (χ3n) is 4.09. The zero-order valence-electron chi connectivity index (χ0n) is 14.8. The van der Waals surface area contributed by atoms with Crippen LogP contribution >= 0.6 is 11.3 Å². The highest BCUT2D eigenvalue weighted by molar-refractivity contribution is 7.17. The second-order valence-corrected chi connectivity index (χ2v) is 7.31. The van der Waals surface area contributed by atoms with Crippen LogP contribution in [-0.2, 0) is 6.54 Å². The summed E-state index contributed by atoms with van der Waals surface area (Å²) in [5.74, 6) is -1.26. The summed E-state index contributed by atoms with van der Waals surface area (Å²) in [4.78, 5) is 36.5. The molecule has 9 nitrogen and oxygen atoms in total. The Morgan fingerprint density at radius 2 is 2.25 bits per heavy atom. The number of hydrogen-bond donors (Lipinski definition) is 3. The van der Waals surface area contributed by atoms with Gasteiger partial charge in [-0.15, -0.1) is 11.3 Å². The van der Waals surface area contributed by atoms with E-state index in [9.17, 15) is 14.7 Å². The summed E-state index contributed by atoms with van der Waals surface area (Å²) in [5.41, 5.74) is 1.27. The van der Waals surface area contributed by atoms with E-state index in [4.69, 9.17) is 0 Å². The van der Waals surface area contributed by atoms with E-state index < -0.39 is 5.97 Å². The predicted molar refractivity (Wildman–Crippen MR) is 103 cm³/mol. The molecule has 4 rings (SSSR count). The van der Waals surface area contributed by atoms with Crippen molar-refractivity contribution in [2.24, 2.45) is 0 Å². The minimum Gasteiger partial charge on any atom is -0.478 e. The molecular formula is C18H16N6O3S. The third-order valence-corrected chi connectivity index (χ3v) is 5.20. The summed E-state index contributed by atoms with van der Waals surface area (Å²) in [6, 6.07) is 5.24. The van der Waals surface area contributed by atoms with Gasteiger partial charge in [0.05, 0.1) is 28.2 Å². The number of nitrogens with one attached hydrogen (secondary N) is 2. The molecule has 10 heteroatoms.